The Labute approximate surface area is 147 Å². The Morgan fingerprint density at radius 1 is 1.40 bits per heavy atom. The second-order valence-corrected chi connectivity index (χ2v) is 7.19. The summed E-state index contributed by atoms with van der Waals surface area (Å²) in [5.41, 5.74) is 7.57. The molecule has 0 spiro atoms. The number of benzene rings is 1. The number of carbonyl (C=O) groups excluding carboxylic acids is 1. The number of hydrogen-bond donors (Lipinski definition) is 2. The molecule has 0 aliphatic carbocycles. The number of aliphatic imine (C=N–C) groups is 1. The average molecular weight is 337 g/mol. The summed E-state index contributed by atoms with van der Waals surface area (Å²) < 4.78 is 0. The molecule has 0 saturated carbocycles. The lowest BCUT2D eigenvalue weighted by atomic mass is 9.87. The topological polar surface area (TPSA) is 87.4 Å². The Kier molecular flexibility index (Phi) is 3.83. The number of rotatable bonds is 2. The molecule has 6 nitrogen and oxygen atoms in total. The summed E-state index contributed by atoms with van der Waals surface area (Å²) in [6.45, 7) is 7.81. The fraction of sp³-hybridized carbons (Fsp3) is 0.421. The van der Waals surface area contributed by atoms with Gasteiger partial charge in [0.05, 0.1) is 28.4 Å². The van der Waals surface area contributed by atoms with E-state index in [1.807, 2.05) is 45.9 Å². The van der Waals surface area contributed by atoms with Crippen molar-refractivity contribution in [1.29, 1.82) is 0 Å². The largest absolute Gasteiger partial charge is 0.369 e. The molecule has 1 amide bonds. The first-order chi connectivity index (χ1) is 11.7. The first kappa shape index (κ1) is 17.0. The Hall–Kier alpha value is -2.81. The van der Waals surface area contributed by atoms with Crippen LogP contribution in [0.4, 0.5) is 0 Å². The minimum absolute atomic E-state index is 0.0419. The van der Waals surface area contributed by atoms with Crippen LogP contribution in [0.15, 0.2) is 23.2 Å². The molecule has 3 N–H and O–H groups in total. The molecule has 0 radical (unpaired) electrons. The summed E-state index contributed by atoms with van der Waals surface area (Å²) in [4.78, 5) is 26.2. The predicted octanol–water partition coefficient (Wildman–Crippen LogP) is 2.26. The molecule has 1 aromatic carbocycles. The van der Waals surface area contributed by atoms with Crippen molar-refractivity contribution in [3.8, 4) is 11.8 Å². The van der Waals surface area contributed by atoms with E-state index in [1.165, 1.54) is 4.90 Å². The van der Waals surface area contributed by atoms with Gasteiger partial charge in [0.1, 0.15) is 5.82 Å². The summed E-state index contributed by atoms with van der Waals surface area (Å²) in [6.07, 6.45) is 0.281. The molecule has 6 heteroatoms. The number of aromatic nitrogens is 2. The number of fused-ring (bicyclic) bond motifs is 1. The molecule has 0 saturated heterocycles. The Balaban J connectivity index is 2.07. The highest BCUT2D eigenvalue weighted by molar-refractivity contribution is 5.98. The lowest BCUT2D eigenvalue weighted by Crippen LogP contribution is -2.47. The molecule has 130 valence electrons. The van der Waals surface area contributed by atoms with Gasteiger partial charge in [-0.3, -0.25) is 9.69 Å². The monoisotopic (exact) mass is 337 g/mol. The van der Waals surface area contributed by atoms with Crippen molar-refractivity contribution in [2.75, 3.05) is 7.05 Å². The van der Waals surface area contributed by atoms with E-state index in [2.05, 4.69) is 26.8 Å². The zero-order chi connectivity index (χ0) is 18.4. The van der Waals surface area contributed by atoms with Crippen molar-refractivity contribution in [2.24, 2.45) is 10.7 Å². The number of guanidine groups is 1. The van der Waals surface area contributed by atoms with Crippen molar-refractivity contribution < 1.29 is 4.79 Å². The van der Waals surface area contributed by atoms with Crippen LogP contribution in [0.25, 0.3) is 11.0 Å². The van der Waals surface area contributed by atoms with Gasteiger partial charge in [-0.15, -0.1) is 5.92 Å². The molecule has 1 atom stereocenters. The number of carbonyl (C=O) groups is 1. The molecule has 0 bridgehead atoms. The van der Waals surface area contributed by atoms with Gasteiger partial charge in [0.15, 0.2) is 5.96 Å². The van der Waals surface area contributed by atoms with E-state index in [0.717, 1.165) is 22.4 Å². The van der Waals surface area contributed by atoms with Crippen LogP contribution < -0.4 is 5.73 Å². The van der Waals surface area contributed by atoms with E-state index in [-0.39, 0.29) is 23.7 Å². The van der Waals surface area contributed by atoms with Gasteiger partial charge in [-0.1, -0.05) is 12.0 Å². The van der Waals surface area contributed by atoms with E-state index in [4.69, 9.17) is 5.73 Å². The van der Waals surface area contributed by atoms with E-state index in [0.29, 0.717) is 0 Å². The summed E-state index contributed by atoms with van der Waals surface area (Å²) in [5.74, 6) is 7.14. The van der Waals surface area contributed by atoms with E-state index in [1.54, 1.807) is 7.05 Å². The number of nitrogens with two attached hydrogens (primary N) is 1. The van der Waals surface area contributed by atoms with Gasteiger partial charge in [0.25, 0.3) is 0 Å². The molecule has 2 aromatic rings. The van der Waals surface area contributed by atoms with Gasteiger partial charge < -0.3 is 10.7 Å². The second-order valence-electron chi connectivity index (χ2n) is 7.19. The average Bonchev–Trinajstić information content (AvgIpc) is 2.96. The van der Waals surface area contributed by atoms with Crippen molar-refractivity contribution >= 4 is 22.9 Å². The fourth-order valence-corrected chi connectivity index (χ4v) is 3.09. The lowest BCUT2D eigenvalue weighted by molar-refractivity contribution is -0.128. The van der Waals surface area contributed by atoms with E-state index < -0.39 is 5.54 Å². The molecule has 1 aromatic heterocycles. The van der Waals surface area contributed by atoms with Gasteiger partial charge in [-0.2, -0.15) is 0 Å². The number of hydrogen-bond acceptors (Lipinski definition) is 4. The zero-order valence-electron chi connectivity index (χ0n) is 15.3. The Bertz CT molecular complexity index is 944. The van der Waals surface area contributed by atoms with Crippen molar-refractivity contribution in [2.45, 2.75) is 45.1 Å². The number of aromatic amines is 1. The molecular weight excluding hydrogens is 314 g/mol. The minimum Gasteiger partial charge on any atom is -0.369 e. The third kappa shape index (κ3) is 2.86. The van der Waals surface area contributed by atoms with Crippen LogP contribution >= 0.6 is 0 Å². The van der Waals surface area contributed by atoms with Gasteiger partial charge in [0, 0.05) is 7.05 Å². The molecule has 1 aliphatic rings. The van der Waals surface area contributed by atoms with Gasteiger partial charge in [-0.05, 0) is 45.4 Å². The van der Waals surface area contributed by atoms with Crippen LogP contribution in [0.2, 0.25) is 0 Å². The smallest absolute Gasteiger partial charge is 0.231 e. The molecule has 0 unspecified atom stereocenters. The van der Waals surface area contributed by atoms with Crippen molar-refractivity contribution in [1.82, 2.24) is 14.9 Å². The van der Waals surface area contributed by atoms with Gasteiger partial charge in [-0.25, -0.2) is 9.98 Å². The van der Waals surface area contributed by atoms with Gasteiger partial charge in [0.2, 0.25) is 5.91 Å². The zero-order valence-corrected chi connectivity index (χ0v) is 15.3. The van der Waals surface area contributed by atoms with E-state index >= 15 is 0 Å². The standard InChI is InChI=1S/C19H23N5O/c1-6-9-18(2,3)16-21-13-8-7-12(10-14(13)22-16)19(4)11-15(25)24(5)17(20)23-19/h7-8,10H,11H2,1-5H3,(H2,20,23)(H,21,22)/t19-/m1/s1. The fourth-order valence-electron chi connectivity index (χ4n) is 3.09. The van der Waals surface area contributed by atoms with Crippen LogP contribution in [0.5, 0.6) is 0 Å². The minimum atomic E-state index is -0.675. The molecule has 25 heavy (non-hydrogen) atoms. The third-order valence-corrected chi connectivity index (χ3v) is 4.71. The number of nitrogens with one attached hydrogen (secondary N) is 1. The maximum atomic E-state index is 12.2. The summed E-state index contributed by atoms with van der Waals surface area (Å²) in [7, 11) is 1.64. The highest BCUT2D eigenvalue weighted by Crippen LogP contribution is 2.34. The first-order valence-corrected chi connectivity index (χ1v) is 8.23. The highest BCUT2D eigenvalue weighted by atomic mass is 16.2. The van der Waals surface area contributed by atoms with Crippen LogP contribution in [-0.4, -0.2) is 33.8 Å². The molecule has 3 rings (SSSR count). The van der Waals surface area contributed by atoms with Crippen molar-refractivity contribution in [3.05, 3.63) is 29.6 Å². The summed E-state index contributed by atoms with van der Waals surface area (Å²) in [5, 5.41) is 0. The van der Waals surface area contributed by atoms with Gasteiger partial charge >= 0.3 is 0 Å². The lowest BCUT2D eigenvalue weighted by Gasteiger charge is -2.33. The second kappa shape index (κ2) is 5.62. The Morgan fingerprint density at radius 2 is 2.12 bits per heavy atom. The summed E-state index contributed by atoms with van der Waals surface area (Å²) >= 11 is 0. The van der Waals surface area contributed by atoms with Crippen LogP contribution in [0.1, 0.15) is 45.5 Å². The molecular formula is C19H23N5O. The maximum absolute atomic E-state index is 12.2. The van der Waals surface area contributed by atoms with Crippen LogP contribution in [0.3, 0.4) is 0 Å². The highest BCUT2D eigenvalue weighted by Gasteiger charge is 2.36. The number of amides is 1. The quantitative estimate of drug-likeness (QED) is 0.824. The van der Waals surface area contributed by atoms with Crippen LogP contribution in [0, 0.1) is 11.8 Å². The third-order valence-electron chi connectivity index (χ3n) is 4.71. The molecule has 0 fully saturated rings. The van der Waals surface area contributed by atoms with Crippen LogP contribution in [-0.2, 0) is 15.7 Å². The number of imidazole rings is 1. The SMILES string of the molecule is CC#CC(C)(C)c1nc2ccc([C@@]3(C)CC(=O)N(C)C(N)=N3)cc2[nH]1. The predicted molar refractivity (Wildman–Crippen MR) is 98.9 cm³/mol. The molecule has 2 heterocycles. The summed E-state index contributed by atoms with van der Waals surface area (Å²) in [6, 6.07) is 5.90. The maximum Gasteiger partial charge on any atom is 0.231 e. The Morgan fingerprint density at radius 3 is 2.76 bits per heavy atom. The van der Waals surface area contributed by atoms with Crippen molar-refractivity contribution in [3.63, 3.8) is 0 Å². The van der Waals surface area contributed by atoms with E-state index in [9.17, 15) is 4.79 Å². The number of nitrogens with zero attached hydrogens (tertiary/aromatic N) is 3. The first-order valence-electron chi connectivity index (χ1n) is 8.23. The number of H-pyrrole nitrogens is 1. The normalized spacial score (nSPS) is 21.1. The molecule has 1 aliphatic heterocycles.